The van der Waals surface area contributed by atoms with E-state index < -0.39 is 11.7 Å². The molecule has 0 saturated carbocycles. The van der Waals surface area contributed by atoms with E-state index in [1.54, 1.807) is 36.7 Å². The van der Waals surface area contributed by atoms with Gasteiger partial charge in [-0.15, -0.1) is 0 Å². The van der Waals surface area contributed by atoms with Crippen molar-refractivity contribution in [1.29, 1.82) is 0 Å². The zero-order valence-corrected chi connectivity index (χ0v) is 15.7. The Balaban J connectivity index is 1.56. The van der Waals surface area contributed by atoms with Crippen molar-refractivity contribution in [3.63, 3.8) is 0 Å². The van der Waals surface area contributed by atoms with Crippen molar-refractivity contribution in [2.75, 3.05) is 5.32 Å². The molecule has 0 saturated heterocycles. The molecule has 1 amide bonds. The molecule has 1 N–H and O–H groups in total. The minimum Gasteiger partial charge on any atom is -0.339 e. The smallest absolute Gasteiger partial charge is 0.260 e. The average Bonchev–Trinajstić information content (AvgIpc) is 3.19. The number of amides is 1. The lowest BCUT2D eigenvalue weighted by molar-refractivity contribution is 0.102. The van der Waals surface area contributed by atoms with Gasteiger partial charge in [-0.2, -0.15) is 4.98 Å². The third kappa shape index (κ3) is 4.14. The van der Waals surface area contributed by atoms with E-state index in [-0.39, 0.29) is 10.6 Å². The molecule has 29 heavy (non-hydrogen) atoms. The van der Waals surface area contributed by atoms with E-state index in [9.17, 15) is 9.18 Å². The van der Waals surface area contributed by atoms with E-state index in [2.05, 4.69) is 20.4 Å². The molecule has 4 rings (SSSR count). The molecule has 144 valence electrons. The molecule has 0 atom stereocenters. The zero-order valence-electron chi connectivity index (χ0n) is 15.0. The second-order valence-electron chi connectivity index (χ2n) is 6.13. The van der Waals surface area contributed by atoms with Crippen LogP contribution in [0.2, 0.25) is 5.02 Å². The molecule has 0 radical (unpaired) electrons. The Morgan fingerprint density at radius 2 is 1.86 bits per heavy atom. The number of nitrogens with zero attached hydrogens (tertiary/aromatic N) is 3. The van der Waals surface area contributed by atoms with E-state index in [4.69, 9.17) is 16.1 Å². The highest BCUT2D eigenvalue weighted by Gasteiger charge is 2.18. The molecule has 0 fully saturated rings. The second kappa shape index (κ2) is 8.20. The molecule has 0 aliphatic carbocycles. The first-order valence-electron chi connectivity index (χ1n) is 8.68. The molecule has 6 nitrogen and oxygen atoms in total. The van der Waals surface area contributed by atoms with Gasteiger partial charge in [-0.25, -0.2) is 4.39 Å². The first-order chi connectivity index (χ1) is 14.1. The zero-order chi connectivity index (χ0) is 20.2. The van der Waals surface area contributed by atoms with Crippen LogP contribution in [0.15, 0.2) is 71.5 Å². The van der Waals surface area contributed by atoms with Crippen LogP contribution in [0, 0.1) is 5.82 Å². The number of halogens is 2. The maximum absolute atomic E-state index is 14.0. The highest BCUT2D eigenvalue weighted by Crippen LogP contribution is 2.24. The van der Waals surface area contributed by atoms with Gasteiger partial charge < -0.3 is 9.84 Å². The van der Waals surface area contributed by atoms with Gasteiger partial charge in [-0.1, -0.05) is 41.0 Å². The van der Waals surface area contributed by atoms with Gasteiger partial charge in [-0.05, 0) is 35.9 Å². The summed E-state index contributed by atoms with van der Waals surface area (Å²) in [5.41, 5.74) is 1.81. The summed E-state index contributed by atoms with van der Waals surface area (Å²) < 4.78 is 19.4. The topological polar surface area (TPSA) is 80.9 Å². The SMILES string of the molecule is O=C(Nc1ccccc1Cc1nc(-c2ccncc2)no1)c1c(F)cccc1Cl. The van der Waals surface area contributed by atoms with Crippen LogP contribution >= 0.6 is 11.6 Å². The van der Waals surface area contributed by atoms with Crippen molar-refractivity contribution in [3.05, 3.63) is 94.8 Å². The number of aromatic nitrogens is 3. The number of hydrogen-bond acceptors (Lipinski definition) is 5. The standard InChI is InChI=1S/C21H14ClFN4O2/c22-15-5-3-6-16(23)19(15)21(28)25-17-7-2-1-4-14(17)12-18-26-20(27-29-18)13-8-10-24-11-9-13/h1-11H,12H2,(H,25,28). The molecule has 0 spiro atoms. The largest absolute Gasteiger partial charge is 0.339 e. The van der Waals surface area contributed by atoms with Crippen LogP contribution in [-0.2, 0) is 6.42 Å². The Bertz CT molecular complexity index is 1140. The molecular weight excluding hydrogens is 395 g/mol. The fourth-order valence-corrected chi connectivity index (χ4v) is 3.05. The number of anilines is 1. The van der Waals surface area contributed by atoms with E-state index in [1.165, 1.54) is 18.2 Å². The van der Waals surface area contributed by atoms with Crippen molar-refractivity contribution in [2.45, 2.75) is 6.42 Å². The number of carbonyl (C=O) groups is 1. The Kier molecular flexibility index (Phi) is 5.31. The van der Waals surface area contributed by atoms with Crippen LogP contribution in [0.5, 0.6) is 0 Å². The number of nitrogens with one attached hydrogen (secondary N) is 1. The summed E-state index contributed by atoms with van der Waals surface area (Å²) >= 11 is 5.98. The first kappa shape index (κ1) is 18.8. The molecule has 2 heterocycles. The van der Waals surface area contributed by atoms with Crippen LogP contribution in [0.4, 0.5) is 10.1 Å². The molecule has 0 aliphatic heterocycles. The van der Waals surface area contributed by atoms with Crippen molar-refractivity contribution in [3.8, 4) is 11.4 Å². The van der Waals surface area contributed by atoms with Gasteiger partial charge in [-0.3, -0.25) is 9.78 Å². The molecule has 8 heteroatoms. The quantitative estimate of drug-likeness (QED) is 0.514. The summed E-state index contributed by atoms with van der Waals surface area (Å²) in [7, 11) is 0. The minimum absolute atomic E-state index is 0.0406. The minimum atomic E-state index is -0.689. The summed E-state index contributed by atoms with van der Waals surface area (Å²) in [4.78, 5) is 20.9. The van der Waals surface area contributed by atoms with Crippen molar-refractivity contribution < 1.29 is 13.7 Å². The molecule has 0 bridgehead atoms. The van der Waals surface area contributed by atoms with E-state index >= 15 is 0 Å². The van der Waals surface area contributed by atoms with Gasteiger partial charge in [0.25, 0.3) is 5.91 Å². The fourth-order valence-electron chi connectivity index (χ4n) is 2.80. The van der Waals surface area contributed by atoms with Crippen LogP contribution in [0.1, 0.15) is 21.8 Å². The van der Waals surface area contributed by atoms with E-state index in [1.807, 2.05) is 12.1 Å². The average molecular weight is 409 g/mol. The Morgan fingerprint density at radius 1 is 1.07 bits per heavy atom. The molecule has 4 aromatic rings. The predicted molar refractivity (Wildman–Crippen MR) is 106 cm³/mol. The predicted octanol–water partition coefficient (Wildman–Crippen LogP) is 4.77. The molecule has 2 aromatic carbocycles. The van der Waals surface area contributed by atoms with Gasteiger partial charge in [0.05, 0.1) is 17.0 Å². The van der Waals surface area contributed by atoms with Crippen molar-refractivity contribution >= 4 is 23.2 Å². The van der Waals surface area contributed by atoms with Gasteiger partial charge in [0, 0.05) is 23.6 Å². The molecule has 0 unspecified atom stereocenters. The Morgan fingerprint density at radius 3 is 2.66 bits per heavy atom. The van der Waals surface area contributed by atoms with Gasteiger partial charge in [0.15, 0.2) is 0 Å². The number of hydrogen-bond donors (Lipinski definition) is 1. The van der Waals surface area contributed by atoms with Gasteiger partial charge in [0.2, 0.25) is 11.7 Å². The van der Waals surface area contributed by atoms with E-state index in [0.29, 0.717) is 23.8 Å². The molecule has 2 aromatic heterocycles. The molecular formula is C21H14ClFN4O2. The highest BCUT2D eigenvalue weighted by molar-refractivity contribution is 6.34. The summed E-state index contributed by atoms with van der Waals surface area (Å²) in [6.45, 7) is 0. The van der Waals surface area contributed by atoms with Gasteiger partial charge >= 0.3 is 0 Å². The monoisotopic (exact) mass is 408 g/mol. The number of pyridine rings is 1. The van der Waals surface area contributed by atoms with Crippen molar-refractivity contribution in [1.82, 2.24) is 15.1 Å². The fraction of sp³-hybridized carbons (Fsp3) is 0.0476. The molecule has 0 aliphatic rings. The number of para-hydroxylation sites is 1. The lowest BCUT2D eigenvalue weighted by Crippen LogP contribution is -2.15. The maximum Gasteiger partial charge on any atom is 0.260 e. The number of carbonyl (C=O) groups excluding carboxylic acids is 1. The van der Waals surface area contributed by atoms with Crippen LogP contribution in [0.25, 0.3) is 11.4 Å². The third-order valence-electron chi connectivity index (χ3n) is 4.20. The lowest BCUT2D eigenvalue weighted by atomic mass is 10.1. The summed E-state index contributed by atoms with van der Waals surface area (Å²) in [6, 6.07) is 14.8. The first-order valence-corrected chi connectivity index (χ1v) is 9.06. The third-order valence-corrected chi connectivity index (χ3v) is 4.52. The van der Waals surface area contributed by atoms with Crippen molar-refractivity contribution in [2.24, 2.45) is 0 Å². The Hall–Kier alpha value is -3.58. The second-order valence-corrected chi connectivity index (χ2v) is 6.54. The highest BCUT2D eigenvalue weighted by atomic mass is 35.5. The van der Waals surface area contributed by atoms with Crippen LogP contribution in [-0.4, -0.2) is 21.0 Å². The Labute approximate surface area is 170 Å². The lowest BCUT2D eigenvalue weighted by Gasteiger charge is -2.11. The van der Waals surface area contributed by atoms with Gasteiger partial charge in [0.1, 0.15) is 5.82 Å². The normalized spacial score (nSPS) is 10.7. The number of benzene rings is 2. The van der Waals surface area contributed by atoms with Crippen LogP contribution in [0.3, 0.4) is 0 Å². The summed E-state index contributed by atoms with van der Waals surface area (Å²) in [5.74, 6) is -0.501. The summed E-state index contributed by atoms with van der Waals surface area (Å²) in [5, 5.41) is 6.72. The number of rotatable bonds is 5. The summed E-state index contributed by atoms with van der Waals surface area (Å²) in [6.07, 6.45) is 3.58. The van der Waals surface area contributed by atoms with Crippen LogP contribution < -0.4 is 5.32 Å². The van der Waals surface area contributed by atoms with E-state index in [0.717, 1.165) is 11.1 Å². The maximum atomic E-state index is 14.0.